The van der Waals surface area contributed by atoms with Crippen molar-refractivity contribution in [2.24, 2.45) is 23.7 Å². The van der Waals surface area contributed by atoms with Crippen molar-refractivity contribution in [2.75, 3.05) is 0 Å². The molecule has 0 N–H and O–H groups in total. The molecule has 5 aliphatic rings. The van der Waals surface area contributed by atoms with Gasteiger partial charge in [-0.05, 0) is 19.4 Å². The maximum atomic E-state index is 11.1. The molecule has 0 spiro atoms. The third-order valence-corrected chi connectivity index (χ3v) is 6.78. The molecule has 5 rings (SSSR count). The van der Waals surface area contributed by atoms with Crippen molar-refractivity contribution in [1.82, 2.24) is 0 Å². The fourth-order valence-corrected chi connectivity index (χ4v) is 6.81. The van der Waals surface area contributed by atoms with Gasteiger partial charge in [0.25, 0.3) is 0 Å². The Bertz CT molecular complexity index is 526. The molecule has 4 aliphatic heterocycles. The van der Waals surface area contributed by atoms with Gasteiger partial charge in [-0.2, -0.15) is 0 Å². The highest BCUT2D eigenvalue weighted by molar-refractivity contribution is 8.00. The van der Waals surface area contributed by atoms with Crippen molar-refractivity contribution in [3.8, 4) is 0 Å². The van der Waals surface area contributed by atoms with E-state index in [0.717, 1.165) is 0 Å². The topological polar surface area (TPSA) is 54.0 Å². The monoisotopic (exact) mass is 296 g/mol. The summed E-state index contributed by atoms with van der Waals surface area (Å²) in [6.45, 7) is 5.46. The van der Waals surface area contributed by atoms with Crippen molar-refractivity contribution >= 4 is 17.7 Å². The second-order valence-electron chi connectivity index (χ2n) is 6.57. The molecule has 1 saturated carbocycles. The Morgan fingerprint density at radius 2 is 1.75 bits per heavy atom. The highest BCUT2D eigenvalue weighted by atomic mass is 32.2. The summed E-state index contributed by atoms with van der Waals surface area (Å²) in [5, 5.41) is 0. The molecule has 8 atom stereocenters. The lowest BCUT2D eigenvalue weighted by atomic mass is 9.83. The molecule has 6 heteroatoms. The first kappa shape index (κ1) is 12.0. The van der Waals surface area contributed by atoms with Crippen molar-refractivity contribution in [2.45, 2.75) is 43.2 Å². The molecule has 0 aromatic heterocycles. The molecule has 0 aromatic rings. The van der Waals surface area contributed by atoms with E-state index in [9.17, 15) is 4.79 Å². The number of hydrogen-bond donors (Lipinski definition) is 0. The molecule has 4 heterocycles. The average Bonchev–Trinajstić information content (AvgIpc) is 2.91. The molecule has 0 radical (unpaired) electrons. The summed E-state index contributed by atoms with van der Waals surface area (Å²) in [5.41, 5.74) is 1.27. The van der Waals surface area contributed by atoms with Gasteiger partial charge in [-0.15, -0.1) is 0 Å². The average molecular weight is 296 g/mol. The second-order valence-corrected chi connectivity index (χ2v) is 7.77. The van der Waals surface area contributed by atoms with E-state index in [0.29, 0.717) is 11.8 Å². The smallest absolute Gasteiger partial charge is 0.307 e. The number of ether oxygens (including phenoxy) is 4. The van der Waals surface area contributed by atoms with E-state index in [4.69, 9.17) is 18.9 Å². The molecule has 0 amide bonds. The van der Waals surface area contributed by atoms with E-state index in [-0.39, 0.29) is 28.7 Å². The molecule has 5 nitrogen and oxygen atoms in total. The van der Waals surface area contributed by atoms with Gasteiger partial charge >= 0.3 is 5.97 Å². The first-order valence-electron chi connectivity index (χ1n) is 7.01. The molecule has 2 bridgehead atoms. The van der Waals surface area contributed by atoms with E-state index >= 15 is 0 Å². The highest BCUT2D eigenvalue weighted by Gasteiger charge is 2.81. The van der Waals surface area contributed by atoms with Crippen LogP contribution in [0.3, 0.4) is 0 Å². The molecule has 5 fully saturated rings. The molecule has 4 saturated heterocycles. The van der Waals surface area contributed by atoms with Gasteiger partial charge < -0.3 is 18.9 Å². The number of rotatable bonds is 1. The number of hydrogen-bond acceptors (Lipinski definition) is 6. The standard InChI is InChI=1S/C14H16O5S/c1-5(15)16-4-6-7-9-10-8(6)12-18-14(10,3)19-13(9,2)17-11(7)20-12/h4,7-12H,1-3H3/t7-,8+,9-,10+,11-,12+,13+,14-. The van der Waals surface area contributed by atoms with Crippen LogP contribution < -0.4 is 0 Å². The number of esters is 1. The lowest BCUT2D eigenvalue weighted by Gasteiger charge is -2.36. The predicted molar refractivity (Wildman–Crippen MR) is 69.0 cm³/mol. The van der Waals surface area contributed by atoms with Gasteiger partial charge in [-0.3, -0.25) is 4.79 Å². The van der Waals surface area contributed by atoms with Crippen LogP contribution in [0, 0.1) is 23.7 Å². The van der Waals surface area contributed by atoms with Crippen LogP contribution in [0.25, 0.3) is 0 Å². The minimum absolute atomic E-state index is 0.0444. The molecule has 0 unspecified atom stereocenters. The van der Waals surface area contributed by atoms with E-state index < -0.39 is 11.6 Å². The third-order valence-electron chi connectivity index (χ3n) is 5.46. The summed E-state index contributed by atoms with van der Waals surface area (Å²) in [4.78, 5) is 11.1. The number of thioether (sulfide) groups is 1. The number of carbonyl (C=O) groups is 1. The zero-order valence-electron chi connectivity index (χ0n) is 11.5. The zero-order chi connectivity index (χ0) is 13.9. The minimum Gasteiger partial charge on any atom is -0.435 e. The van der Waals surface area contributed by atoms with Crippen LogP contribution in [-0.2, 0) is 23.7 Å². The van der Waals surface area contributed by atoms with Crippen LogP contribution >= 0.6 is 11.8 Å². The maximum Gasteiger partial charge on any atom is 0.307 e. The Morgan fingerprint density at radius 1 is 1.20 bits per heavy atom. The summed E-state index contributed by atoms with van der Waals surface area (Å²) in [6.07, 6.45) is 1.65. The van der Waals surface area contributed by atoms with Crippen LogP contribution in [0.2, 0.25) is 0 Å². The fraction of sp³-hybridized carbons (Fsp3) is 0.786. The van der Waals surface area contributed by atoms with Gasteiger partial charge in [0.15, 0.2) is 11.6 Å². The fourth-order valence-electron chi connectivity index (χ4n) is 5.06. The van der Waals surface area contributed by atoms with Crippen LogP contribution in [0.5, 0.6) is 0 Å². The van der Waals surface area contributed by atoms with Crippen molar-refractivity contribution < 1.29 is 23.7 Å². The van der Waals surface area contributed by atoms with Gasteiger partial charge in [0.2, 0.25) is 0 Å². The molecular formula is C14H16O5S. The van der Waals surface area contributed by atoms with Gasteiger partial charge in [0.05, 0.1) is 6.26 Å². The molecule has 20 heavy (non-hydrogen) atoms. The molecule has 0 aromatic carbocycles. The third kappa shape index (κ3) is 1.14. The highest BCUT2D eigenvalue weighted by Crippen LogP contribution is 2.76. The van der Waals surface area contributed by atoms with Gasteiger partial charge in [-0.25, -0.2) is 0 Å². The lowest BCUT2D eigenvalue weighted by Crippen LogP contribution is -2.39. The van der Waals surface area contributed by atoms with Crippen LogP contribution in [0.15, 0.2) is 11.8 Å². The van der Waals surface area contributed by atoms with E-state index in [1.165, 1.54) is 12.5 Å². The van der Waals surface area contributed by atoms with Gasteiger partial charge in [0.1, 0.15) is 10.9 Å². The Morgan fingerprint density at radius 3 is 2.25 bits per heavy atom. The normalized spacial score (nSPS) is 62.6. The lowest BCUT2D eigenvalue weighted by molar-refractivity contribution is -0.304. The summed E-state index contributed by atoms with van der Waals surface area (Å²) in [6, 6.07) is 0. The Balaban J connectivity index is 1.66. The Labute approximate surface area is 121 Å². The molecule has 108 valence electrons. The van der Waals surface area contributed by atoms with Gasteiger partial charge in [-0.1, -0.05) is 11.8 Å². The molecular weight excluding hydrogens is 280 g/mol. The maximum absolute atomic E-state index is 11.1. The van der Waals surface area contributed by atoms with Crippen molar-refractivity contribution in [3.05, 3.63) is 11.8 Å². The SMILES string of the molecule is CC(=O)OC=C1[C@@H]2[C@@H]3[C@@H]4[C@H]1[C@H]1O[C@]4(C)O[C@]3(C)O[C@@H]2S1. The van der Waals surface area contributed by atoms with Gasteiger partial charge in [0, 0.05) is 30.6 Å². The van der Waals surface area contributed by atoms with Crippen LogP contribution in [0.4, 0.5) is 0 Å². The summed E-state index contributed by atoms with van der Waals surface area (Å²) in [7, 11) is 0. The van der Waals surface area contributed by atoms with Crippen LogP contribution in [-0.4, -0.2) is 28.4 Å². The Kier molecular flexibility index (Phi) is 1.96. The Hall–Kier alpha value is -0.560. The van der Waals surface area contributed by atoms with Crippen molar-refractivity contribution in [3.63, 3.8) is 0 Å². The zero-order valence-corrected chi connectivity index (χ0v) is 12.3. The number of carbonyl (C=O) groups excluding carboxylic acids is 1. The first-order valence-corrected chi connectivity index (χ1v) is 7.96. The van der Waals surface area contributed by atoms with Crippen molar-refractivity contribution in [1.29, 1.82) is 0 Å². The van der Waals surface area contributed by atoms with Crippen LogP contribution in [0.1, 0.15) is 20.8 Å². The molecule has 1 aliphatic carbocycles. The van der Waals surface area contributed by atoms with E-state index in [1.54, 1.807) is 18.0 Å². The summed E-state index contributed by atoms with van der Waals surface area (Å²) >= 11 is 1.76. The predicted octanol–water partition coefficient (Wildman–Crippen LogP) is 1.83. The summed E-state index contributed by atoms with van der Waals surface area (Å²) in [5.74, 6) is -0.277. The quantitative estimate of drug-likeness (QED) is 0.543. The van der Waals surface area contributed by atoms with E-state index in [2.05, 4.69) is 0 Å². The summed E-state index contributed by atoms with van der Waals surface area (Å²) < 4.78 is 23.7. The largest absolute Gasteiger partial charge is 0.435 e. The second kappa shape index (κ2) is 3.27. The van der Waals surface area contributed by atoms with E-state index in [1.807, 2.05) is 13.8 Å². The first-order chi connectivity index (χ1) is 9.43. The minimum atomic E-state index is -0.572.